The van der Waals surface area contributed by atoms with Gasteiger partial charge in [0.25, 0.3) is 0 Å². The van der Waals surface area contributed by atoms with Crippen molar-refractivity contribution in [2.75, 3.05) is 0 Å². The topological polar surface area (TPSA) is 47.6 Å². The normalized spacial score (nSPS) is 11.0. The molecule has 0 atom stereocenters. The van der Waals surface area contributed by atoms with Gasteiger partial charge in [-0.15, -0.1) is 0 Å². The first kappa shape index (κ1) is 14.9. The molecule has 0 saturated heterocycles. The predicted molar refractivity (Wildman–Crippen MR) is 80.7 cm³/mol. The molecule has 0 aliphatic rings. The Morgan fingerprint density at radius 1 is 1.09 bits per heavy atom. The molecule has 1 heterocycles. The molecule has 116 valence electrons. The SMILES string of the molecule is Fc1ccc(-c2cnc(CO/N=C\c3cccc(F)c3)o2)cc1. The molecule has 0 saturated carbocycles. The zero-order chi connectivity index (χ0) is 16.1. The highest BCUT2D eigenvalue weighted by Gasteiger charge is 2.06. The van der Waals surface area contributed by atoms with Gasteiger partial charge in [-0.3, -0.25) is 0 Å². The molecule has 0 N–H and O–H groups in total. The van der Waals surface area contributed by atoms with E-state index in [1.807, 2.05) is 0 Å². The van der Waals surface area contributed by atoms with Crippen LogP contribution in [0.15, 0.2) is 64.3 Å². The van der Waals surface area contributed by atoms with Crippen molar-refractivity contribution in [3.8, 4) is 11.3 Å². The van der Waals surface area contributed by atoms with E-state index in [-0.39, 0.29) is 18.2 Å². The summed E-state index contributed by atoms with van der Waals surface area (Å²) in [4.78, 5) is 9.12. The average molecular weight is 314 g/mol. The van der Waals surface area contributed by atoms with E-state index in [2.05, 4.69) is 10.1 Å². The van der Waals surface area contributed by atoms with Crippen molar-refractivity contribution in [3.63, 3.8) is 0 Å². The number of hydrogen-bond acceptors (Lipinski definition) is 4. The number of benzene rings is 2. The summed E-state index contributed by atoms with van der Waals surface area (Å²) in [6.45, 7) is 0.0347. The largest absolute Gasteiger partial charge is 0.437 e. The lowest BCUT2D eigenvalue weighted by atomic mass is 10.2. The maximum Gasteiger partial charge on any atom is 0.235 e. The fourth-order valence-corrected chi connectivity index (χ4v) is 1.90. The van der Waals surface area contributed by atoms with Gasteiger partial charge in [-0.25, -0.2) is 13.8 Å². The summed E-state index contributed by atoms with van der Waals surface area (Å²) < 4.78 is 31.3. The maximum absolute atomic E-state index is 13.0. The van der Waals surface area contributed by atoms with E-state index in [0.29, 0.717) is 22.8 Å². The molecule has 3 aromatic rings. The first-order valence-corrected chi connectivity index (χ1v) is 6.82. The fourth-order valence-electron chi connectivity index (χ4n) is 1.90. The number of nitrogens with zero attached hydrogens (tertiary/aromatic N) is 2. The first-order chi connectivity index (χ1) is 11.2. The summed E-state index contributed by atoms with van der Waals surface area (Å²) in [6.07, 6.45) is 2.93. The third-order valence-corrected chi connectivity index (χ3v) is 3.00. The molecule has 0 aliphatic heterocycles. The van der Waals surface area contributed by atoms with Crippen LogP contribution in [0.3, 0.4) is 0 Å². The number of oxazole rings is 1. The molecule has 6 heteroatoms. The second-order valence-corrected chi connectivity index (χ2v) is 4.69. The van der Waals surface area contributed by atoms with Crippen LogP contribution < -0.4 is 0 Å². The Balaban J connectivity index is 1.58. The second kappa shape index (κ2) is 6.83. The Hall–Kier alpha value is -3.02. The van der Waals surface area contributed by atoms with Crippen LogP contribution in [0.25, 0.3) is 11.3 Å². The van der Waals surface area contributed by atoms with Gasteiger partial charge < -0.3 is 9.25 Å². The average Bonchev–Trinajstić information content (AvgIpc) is 3.01. The Labute approximate surface area is 131 Å². The van der Waals surface area contributed by atoms with Crippen LogP contribution in [0, 0.1) is 11.6 Å². The van der Waals surface area contributed by atoms with Crippen LogP contribution in [-0.4, -0.2) is 11.2 Å². The number of rotatable bonds is 5. The van der Waals surface area contributed by atoms with Gasteiger partial charge in [0.2, 0.25) is 5.89 Å². The Bertz CT molecular complexity index is 813. The summed E-state index contributed by atoms with van der Waals surface area (Å²) in [5.41, 5.74) is 1.30. The number of oxime groups is 1. The van der Waals surface area contributed by atoms with Crippen LogP contribution in [-0.2, 0) is 11.4 Å². The van der Waals surface area contributed by atoms with Gasteiger partial charge in [0.05, 0.1) is 12.4 Å². The molecule has 3 rings (SSSR count). The van der Waals surface area contributed by atoms with E-state index in [1.165, 1.54) is 36.7 Å². The minimum absolute atomic E-state index is 0.0347. The molecule has 0 radical (unpaired) electrons. The van der Waals surface area contributed by atoms with Crippen molar-refractivity contribution in [2.45, 2.75) is 6.61 Å². The standard InChI is InChI=1S/C17H12F2N2O2/c18-14-6-4-13(5-7-14)16-10-20-17(23-16)11-22-21-9-12-2-1-3-15(19)8-12/h1-10H,11H2/b21-9-. The van der Waals surface area contributed by atoms with Crippen molar-refractivity contribution >= 4 is 6.21 Å². The third kappa shape index (κ3) is 4.00. The van der Waals surface area contributed by atoms with E-state index in [9.17, 15) is 8.78 Å². The van der Waals surface area contributed by atoms with Gasteiger partial charge in [0.15, 0.2) is 12.4 Å². The van der Waals surface area contributed by atoms with Crippen molar-refractivity contribution in [1.29, 1.82) is 0 Å². The highest BCUT2D eigenvalue weighted by molar-refractivity contribution is 5.78. The summed E-state index contributed by atoms with van der Waals surface area (Å²) in [7, 11) is 0. The van der Waals surface area contributed by atoms with Crippen LogP contribution in [0.1, 0.15) is 11.5 Å². The smallest absolute Gasteiger partial charge is 0.235 e. The zero-order valence-corrected chi connectivity index (χ0v) is 11.9. The molecule has 0 amide bonds. The van der Waals surface area contributed by atoms with Crippen molar-refractivity contribution < 1.29 is 18.0 Å². The molecule has 2 aromatic carbocycles. The second-order valence-electron chi connectivity index (χ2n) is 4.69. The molecular weight excluding hydrogens is 302 g/mol. The zero-order valence-electron chi connectivity index (χ0n) is 11.9. The number of aromatic nitrogens is 1. The molecule has 0 aliphatic carbocycles. The summed E-state index contributed by atoms with van der Waals surface area (Å²) in [5, 5.41) is 3.73. The van der Waals surface area contributed by atoms with Gasteiger partial charge in [0, 0.05) is 5.56 Å². The van der Waals surface area contributed by atoms with Gasteiger partial charge >= 0.3 is 0 Å². The van der Waals surface area contributed by atoms with Gasteiger partial charge in [-0.1, -0.05) is 17.3 Å². The van der Waals surface area contributed by atoms with Gasteiger partial charge in [0.1, 0.15) is 11.6 Å². The van der Waals surface area contributed by atoms with Gasteiger partial charge in [-0.2, -0.15) is 0 Å². The predicted octanol–water partition coefficient (Wildman–Crippen LogP) is 4.17. The number of halogens is 2. The lowest BCUT2D eigenvalue weighted by molar-refractivity contribution is 0.113. The maximum atomic E-state index is 13.0. The van der Waals surface area contributed by atoms with E-state index in [4.69, 9.17) is 9.25 Å². The Morgan fingerprint density at radius 3 is 2.70 bits per heavy atom. The molecule has 4 nitrogen and oxygen atoms in total. The molecule has 0 bridgehead atoms. The molecule has 0 spiro atoms. The minimum atomic E-state index is -0.342. The highest BCUT2D eigenvalue weighted by atomic mass is 19.1. The quantitative estimate of drug-likeness (QED) is 0.524. The molecular formula is C17H12F2N2O2. The summed E-state index contributed by atoms with van der Waals surface area (Å²) in [5.74, 6) is 0.188. The van der Waals surface area contributed by atoms with E-state index < -0.39 is 0 Å². The van der Waals surface area contributed by atoms with Crippen molar-refractivity contribution in [1.82, 2.24) is 4.98 Å². The molecule has 0 unspecified atom stereocenters. The van der Waals surface area contributed by atoms with Crippen LogP contribution in [0.2, 0.25) is 0 Å². The Morgan fingerprint density at radius 2 is 1.91 bits per heavy atom. The third-order valence-electron chi connectivity index (χ3n) is 3.00. The monoisotopic (exact) mass is 314 g/mol. The lowest BCUT2D eigenvalue weighted by Crippen LogP contribution is -1.88. The summed E-state index contributed by atoms with van der Waals surface area (Å²) >= 11 is 0. The van der Waals surface area contributed by atoms with Gasteiger partial charge in [-0.05, 0) is 42.0 Å². The molecule has 23 heavy (non-hydrogen) atoms. The lowest BCUT2D eigenvalue weighted by Gasteiger charge is -1.97. The van der Waals surface area contributed by atoms with Crippen LogP contribution in [0.4, 0.5) is 8.78 Å². The van der Waals surface area contributed by atoms with Crippen molar-refractivity contribution in [2.24, 2.45) is 5.16 Å². The fraction of sp³-hybridized carbons (Fsp3) is 0.0588. The van der Waals surface area contributed by atoms with E-state index >= 15 is 0 Å². The molecule has 1 aromatic heterocycles. The Kier molecular flexibility index (Phi) is 4.42. The van der Waals surface area contributed by atoms with Crippen LogP contribution in [0.5, 0.6) is 0 Å². The minimum Gasteiger partial charge on any atom is -0.437 e. The first-order valence-electron chi connectivity index (χ1n) is 6.82. The highest BCUT2D eigenvalue weighted by Crippen LogP contribution is 2.20. The molecule has 0 fully saturated rings. The van der Waals surface area contributed by atoms with Crippen LogP contribution >= 0.6 is 0 Å². The van der Waals surface area contributed by atoms with Crippen molar-refractivity contribution in [3.05, 3.63) is 77.8 Å². The van der Waals surface area contributed by atoms with E-state index in [1.54, 1.807) is 24.3 Å². The van der Waals surface area contributed by atoms with E-state index in [0.717, 1.165) is 0 Å². The summed E-state index contributed by atoms with van der Waals surface area (Å²) in [6, 6.07) is 11.9. The number of hydrogen-bond donors (Lipinski definition) is 0.